The van der Waals surface area contributed by atoms with Crippen molar-refractivity contribution in [3.63, 3.8) is 0 Å². The molecule has 0 atom stereocenters. The Kier molecular flexibility index (Phi) is 6.03. The summed E-state index contributed by atoms with van der Waals surface area (Å²) in [5.41, 5.74) is 7.06. The molecule has 0 unspecified atom stereocenters. The Morgan fingerprint density at radius 1 is 1.36 bits per heavy atom. The summed E-state index contributed by atoms with van der Waals surface area (Å²) in [5.74, 6) is 0.207. The van der Waals surface area contributed by atoms with Gasteiger partial charge in [0, 0.05) is 41.3 Å². The molecule has 0 bridgehead atoms. The molecule has 0 saturated carbocycles. The molecule has 7 nitrogen and oxygen atoms in total. The smallest absolute Gasteiger partial charge is 0.255 e. The van der Waals surface area contributed by atoms with Gasteiger partial charge in [-0.15, -0.1) is 0 Å². The van der Waals surface area contributed by atoms with E-state index in [9.17, 15) is 9.59 Å². The molecule has 0 spiro atoms. The third-order valence-electron chi connectivity index (χ3n) is 4.54. The van der Waals surface area contributed by atoms with Crippen molar-refractivity contribution in [2.24, 2.45) is 5.73 Å². The van der Waals surface area contributed by atoms with E-state index in [4.69, 9.17) is 5.73 Å². The van der Waals surface area contributed by atoms with Crippen LogP contribution in [-0.2, 0) is 11.2 Å². The van der Waals surface area contributed by atoms with Gasteiger partial charge in [0.25, 0.3) is 5.56 Å². The van der Waals surface area contributed by atoms with Gasteiger partial charge in [-0.25, -0.2) is 4.98 Å². The Bertz CT molecular complexity index is 782. The van der Waals surface area contributed by atoms with Crippen molar-refractivity contribution < 1.29 is 4.79 Å². The van der Waals surface area contributed by atoms with Crippen LogP contribution in [0.1, 0.15) is 37.9 Å². The molecule has 134 valence electrons. The van der Waals surface area contributed by atoms with E-state index in [0.717, 1.165) is 18.4 Å². The van der Waals surface area contributed by atoms with Crippen molar-refractivity contribution in [1.82, 2.24) is 20.3 Å². The summed E-state index contributed by atoms with van der Waals surface area (Å²) in [6.07, 6.45) is 4.79. The number of aryl methyl sites for hydroxylation is 1. The van der Waals surface area contributed by atoms with Gasteiger partial charge in [-0.1, -0.05) is 13.8 Å². The summed E-state index contributed by atoms with van der Waals surface area (Å²) in [4.78, 5) is 35.7. The second-order valence-electron chi connectivity index (χ2n) is 6.24. The normalized spacial score (nSPS) is 11.4. The molecule has 0 fully saturated rings. The molecule has 4 N–H and O–H groups in total. The van der Waals surface area contributed by atoms with Crippen molar-refractivity contribution in [2.75, 3.05) is 6.54 Å². The van der Waals surface area contributed by atoms with Crippen LogP contribution >= 0.6 is 0 Å². The van der Waals surface area contributed by atoms with Gasteiger partial charge in [0.15, 0.2) is 0 Å². The first kappa shape index (κ1) is 18.8. The highest BCUT2D eigenvalue weighted by Gasteiger charge is 2.21. The van der Waals surface area contributed by atoms with Crippen LogP contribution in [-0.4, -0.2) is 32.9 Å². The summed E-state index contributed by atoms with van der Waals surface area (Å²) in [6.45, 7) is 6.09. The van der Waals surface area contributed by atoms with E-state index in [2.05, 4.69) is 20.3 Å². The van der Waals surface area contributed by atoms with Gasteiger partial charge in [-0.05, 0) is 31.9 Å². The SMILES string of the molecule is CCC(N)(CC)CNC(=O)Cc1c(C)nc(-c2cccnc2)[nH]c1=O. The van der Waals surface area contributed by atoms with Crippen LogP contribution in [0.15, 0.2) is 29.3 Å². The molecule has 1 amide bonds. The van der Waals surface area contributed by atoms with E-state index in [1.807, 2.05) is 19.9 Å². The Morgan fingerprint density at radius 2 is 2.08 bits per heavy atom. The highest BCUT2D eigenvalue weighted by Crippen LogP contribution is 2.13. The predicted molar refractivity (Wildman–Crippen MR) is 97.0 cm³/mol. The number of carbonyl (C=O) groups is 1. The number of H-pyrrole nitrogens is 1. The van der Waals surface area contributed by atoms with Crippen molar-refractivity contribution in [2.45, 2.75) is 45.6 Å². The minimum Gasteiger partial charge on any atom is -0.354 e. The minimum atomic E-state index is -0.417. The zero-order valence-electron chi connectivity index (χ0n) is 14.9. The first-order valence-corrected chi connectivity index (χ1v) is 8.44. The fraction of sp³-hybridized carbons (Fsp3) is 0.444. The number of nitrogens with zero attached hydrogens (tertiary/aromatic N) is 2. The van der Waals surface area contributed by atoms with E-state index in [-0.39, 0.29) is 17.9 Å². The molecule has 2 rings (SSSR count). The molecule has 0 aliphatic rings. The van der Waals surface area contributed by atoms with Gasteiger partial charge in [-0.2, -0.15) is 0 Å². The van der Waals surface area contributed by atoms with E-state index in [1.165, 1.54) is 0 Å². The molecule has 2 heterocycles. The topological polar surface area (TPSA) is 114 Å². The second kappa shape index (κ2) is 8.02. The van der Waals surface area contributed by atoms with Crippen LogP contribution in [0, 0.1) is 6.92 Å². The van der Waals surface area contributed by atoms with Crippen LogP contribution in [0.2, 0.25) is 0 Å². The lowest BCUT2D eigenvalue weighted by atomic mass is 9.94. The lowest BCUT2D eigenvalue weighted by molar-refractivity contribution is -0.120. The number of aromatic amines is 1. The molecule has 0 aliphatic heterocycles. The van der Waals surface area contributed by atoms with Crippen LogP contribution in [0.4, 0.5) is 0 Å². The predicted octanol–water partition coefficient (Wildman–Crippen LogP) is 1.32. The molecule has 0 aromatic carbocycles. The van der Waals surface area contributed by atoms with Crippen molar-refractivity contribution >= 4 is 5.91 Å². The number of aromatic nitrogens is 3. The summed E-state index contributed by atoms with van der Waals surface area (Å²) >= 11 is 0. The van der Waals surface area contributed by atoms with Crippen LogP contribution in [0.25, 0.3) is 11.4 Å². The minimum absolute atomic E-state index is 0.0228. The maximum Gasteiger partial charge on any atom is 0.255 e. The first-order valence-electron chi connectivity index (χ1n) is 8.44. The van der Waals surface area contributed by atoms with Crippen LogP contribution in [0.5, 0.6) is 0 Å². The monoisotopic (exact) mass is 343 g/mol. The molecule has 2 aromatic rings. The third-order valence-corrected chi connectivity index (χ3v) is 4.54. The van der Waals surface area contributed by atoms with Gasteiger partial charge in [0.1, 0.15) is 5.82 Å². The highest BCUT2D eigenvalue weighted by atomic mass is 16.2. The average Bonchev–Trinajstić information content (AvgIpc) is 2.63. The number of rotatable bonds is 7. The molecule has 0 saturated heterocycles. The largest absolute Gasteiger partial charge is 0.354 e. The van der Waals surface area contributed by atoms with Gasteiger partial charge in [0.05, 0.1) is 6.42 Å². The fourth-order valence-electron chi connectivity index (χ4n) is 2.46. The quantitative estimate of drug-likeness (QED) is 0.701. The van der Waals surface area contributed by atoms with E-state index < -0.39 is 5.54 Å². The Hall–Kier alpha value is -2.54. The van der Waals surface area contributed by atoms with E-state index in [1.54, 1.807) is 25.4 Å². The number of nitrogens with two attached hydrogens (primary N) is 1. The molecule has 0 aliphatic carbocycles. The summed E-state index contributed by atoms with van der Waals surface area (Å²) in [5, 5.41) is 2.82. The van der Waals surface area contributed by atoms with Gasteiger partial charge < -0.3 is 16.0 Å². The van der Waals surface area contributed by atoms with Crippen LogP contribution < -0.4 is 16.6 Å². The molecule has 0 radical (unpaired) electrons. The number of amides is 1. The molecule has 2 aromatic heterocycles. The molecular weight excluding hydrogens is 318 g/mol. The molecule has 7 heteroatoms. The first-order chi connectivity index (χ1) is 11.9. The average molecular weight is 343 g/mol. The summed E-state index contributed by atoms with van der Waals surface area (Å²) in [6, 6.07) is 3.58. The third kappa shape index (κ3) is 4.73. The van der Waals surface area contributed by atoms with Gasteiger partial charge in [0.2, 0.25) is 5.91 Å². The van der Waals surface area contributed by atoms with Gasteiger partial charge >= 0.3 is 0 Å². The van der Waals surface area contributed by atoms with E-state index in [0.29, 0.717) is 23.6 Å². The van der Waals surface area contributed by atoms with E-state index >= 15 is 0 Å². The second-order valence-corrected chi connectivity index (χ2v) is 6.24. The maximum atomic E-state index is 12.4. The lowest BCUT2D eigenvalue weighted by Crippen LogP contribution is -2.49. The van der Waals surface area contributed by atoms with Crippen molar-refractivity contribution in [3.8, 4) is 11.4 Å². The lowest BCUT2D eigenvalue weighted by Gasteiger charge is -2.26. The number of hydrogen-bond donors (Lipinski definition) is 3. The molecule has 25 heavy (non-hydrogen) atoms. The number of pyridine rings is 1. The number of hydrogen-bond acceptors (Lipinski definition) is 5. The Labute approximate surface area is 147 Å². The standard InChI is InChI=1S/C18H25N5O2/c1-4-18(19,5-2)11-21-15(24)9-14-12(3)22-16(23-17(14)25)13-7-6-8-20-10-13/h6-8,10H,4-5,9,11,19H2,1-3H3,(H,21,24)(H,22,23,25). The fourth-order valence-corrected chi connectivity index (χ4v) is 2.46. The maximum absolute atomic E-state index is 12.4. The number of nitrogens with one attached hydrogen (secondary N) is 2. The summed E-state index contributed by atoms with van der Waals surface area (Å²) < 4.78 is 0. The van der Waals surface area contributed by atoms with Crippen LogP contribution in [0.3, 0.4) is 0 Å². The highest BCUT2D eigenvalue weighted by molar-refractivity contribution is 5.78. The van der Waals surface area contributed by atoms with Gasteiger partial charge in [-0.3, -0.25) is 14.6 Å². The van der Waals surface area contributed by atoms with Crippen molar-refractivity contribution in [3.05, 3.63) is 46.1 Å². The zero-order chi connectivity index (χ0) is 18.4. The Morgan fingerprint density at radius 3 is 2.64 bits per heavy atom. The number of carbonyl (C=O) groups excluding carboxylic acids is 1. The molecular formula is C18H25N5O2. The zero-order valence-corrected chi connectivity index (χ0v) is 14.9. The Balaban J connectivity index is 2.13. The van der Waals surface area contributed by atoms with Crippen molar-refractivity contribution in [1.29, 1.82) is 0 Å². The summed E-state index contributed by atoms with van der Waals surface area (Å²) in [7, 11) is 0.